The molecule has 5 heteroatoms. The van der Waals surface area contributed by atoms with Crippen LogP contribution >= 0.6 is 0 Å². The largest absolute Gasteiger partial charge is 0.477 e. The second-order valence-corrected chi connectivity index (χ2v) is 4.55. The highest BCUT2D eigenvalue weighted by Gasteiger charge is 2.14. The third kappa shape index (κ3) is 2.93. The molecule has 1 aromatic carbocycles. The van der Waals surface area contributed by atoms with Crippen molar-refractivity contribution >= 4 is 5.97 Å². The summed E-state index contributed by atoms with van der Waals surface area (Å²) in [5.41, 5.74) is 0.613. The molecule has 104 valence electrons. The number of hydrogen-bond donors (Lipinski definition) is 1. The Labute approximate surface area is 115 Å². The molecule has 2 aromatic rings. The average Bonchev–Trinajstić information content (AvgIpc) is 2.39. The number of pyridine rings is 1. The molecule has 20 heavy (non-hydrogen) atoms. The van der Waals surface area contributed by atoms with Crippen LogP contribution in [0.4, 0.5) is 4.39 Å². The molecule has 2 rings (SSSR count). The summed E-state index contributed by atoms with van der Waals surface area (Å²) in [5, 5.41) is 9.03. The monoisotopic (exact) mass is 275 g/mol. The Kier molecular flexibility index (Phi) is 3.98. The number of halogens is 1. The van der Waals surface area contributed by atoms with Gasteiger partial charge >= 0.3 is 5.97 Å². The maximum absolute atomic E-state index is 12.8. The van der Waals surface area contributed by atoms with Gasteiger partial charge in [0.15, 0.2) is 0 Å². The molecule has 1 heterocycles. The van der Waals surface area contributed by atoms with Crippen LogP contribution in [-0.2, 0) is 13.0 Å². The van der Waals surface area contributed by atoms with E-state index in [-0.39, 0.29) is 11.4 Å². The van der Waals surface area contributed by atoms with Gasteiger partial charge in [0.2, 0.25) is 0 Å². The van der Waals surface area contributed by atoms with Gasteiger partial charge in [-0.1, -0.05) is 12.1 Å². The lowest BCUT2D eigenvalue weighted by Crippen LogP contribution is -2.27. The fraction of sp³-hybridized carbons (Fsp3) is 0.200. The Morgan fingerprint density at radius 2 is 1.90 bits per heavy atom. The number of aromatic nitrogens is 1. The van der Waals surface area contributed by atoms with E-state index in [1.54, 1.807) is 31.3 Å². The third-order valence-electron chi connectivity index (χ3n) is 3.14. The minimum atomic E-state index is -1.22. The molecule has 0 atom stereocenters. The minimum absolute atomic E-state index is 0.202. The summed E-state index contributed by atoms with van der Waals surface area (Å²) in [6, 6.07) is 7.61. The molecule has 0 unspecified atom stereocenters. The third-order valence-corrected chi connectivity index (χ3v) is 3.14. The van der Waals surface area contributed by atoms with Gasteiger partial charge in [-0.3, -0.25) is 4.79 Å². The molecule has 0 bridgehead atoms. The summed E-state index contributed by atoms with van der Waals surface area (Å²) in [7, 11) is 0. The number of carboxylic acids is 1. The standard InChI is InChI=1S/C15H14FNO3/c1-10-6-8-17(14(18)13(10)15(19)20)9-7-11-2-4-12(16)5-3-11/h2-6,8H,7,9H2,1H3,(H,19,20). The second-order valence-electron chi connectivity index (χ2n) is 4.55. The Hall–Kier alpha value is -2.43. The first-order chi connectivity index (χ1) is 9.49. The van der Waals surface area contributed by atoms with E-state index < -0.39 is 11.5 Å². The molecule has 0 saturated heterocycles. The molecule has 0 aliphatic rings. The van der Waals surface area contributed by atoms with Gasteiger partial charge in [0, 0.05) is 12.7 Å². The van der Waals surface area contributed by atoms with Gasteiger partial charge in [-0.25, -0.2) is 9.18 Å². The SMILES string of the molecule is Cc1ccn(CCc2ccc(F)cc2)c(=O)c1C(=O)O. The molecular weight excluding hydrogens is 261 g/mol. The molecule has 0 fully saturated rings. The van der Waals surface area contributed by atoms with Gasteiger partial charge in [-0.15, -0.1) is 0 Å². The summed E-state index contributed by atoms with van der Waals surface area (Å²) in [6.45, 7) is 1.94. The molecule has 0 aliphatic heterocycles. The van der Waals surface area contributed by atoms with Crippen LogP contribution in [0.3, 0.4) is 0 Å². The first-order valence-electron chi connectivity index (χ1n) is 6.17. The van der Waals surface area contributed by atoms with Crippen molar-refractivity contribution in [2.75, 3.05) is 0 Å². The van der Waals surface area contributed by atoms with Crippen molar-refractivity contribution in [3.63, 3.8) is 0 Å². The fourth-order valence-corrected chi connectivity index (χ4v) is 2.00. The molecule has 1 N–H and O–H groups in total. The Morgan fingerprint density at radius 3 is 2.50 bits per heavy atom. The summed E-state index contributed by atoms with van der Waals surface area (Å²) < 4.78 is 14.1. The van der Waals surface area contributed by atoms with E-state index in [0.29, 0.717) is 18.5 Å². The van der Waals surface area contributed by atoms with E-state index in [9.17, 15) is 14.0 Å². The molecule has 0 radical (unpaired) electrons. The number of rotatable bonds is 4. The Morgan fingerprint density at radius 1 is 1.25 bits per heavy atom. The van der Waals surface area contributed by atoms with Crippen LogP contribution in [0.25, 0.3) is 0 Å². The van der Waals surface area contributed by atoms with Crippen LogP contribution < -0.4 is 5.56 Å². The van der Waals surface area contributed by atoms with Gasteiger partial charge in [0.1, 0.15) is 11.4 Å². The molecule has 1 aromatic heterocycles. The van der Waals surface area contributed by atoms with Crippen LogP contribution in [0.2, 0.25) is 0 Å². The smallest absolute Gasteiger partial charge is 0.341 e. The number of aryl methyl sites for hydroxylation is 3. The fourth-order valence-electron chi connectivity index (χ4n) is 2.00. The van der Waals surface area contributed by atoms with E-state index in [0.717, 1.165) is 5.56 Å². The van der Waals surface area contributed by atoms with Crippen LogP contribution in [-0.4, -0.2) is 15.6 Å². The normalized spacial score (nSPS) is 10.5. The Balaban J connectivity index is 2.22. The Bertz CT molecular complexity index is 689. The molecular formula is C15H14FNO3. The highest BCUT2D eigenvalue weighted by molar-refractivity contribution is 5.88. The van der Waals surface area contributed by atoms with Crippen molar-refractivity contribution in [3.8, 4) is 0 Å². The number of carboxylic acid groups (broad SMARTS) is 1. The molecule has 0 saturated carbocycles. The van der Waals surface area contributed by atoms with Crippen molar-refractivity contribution in [1.82, 2.24) is 4.57 Å². The van der Waals surface area contributed by atoms with Crippen LogP contribution in [0.1, 0.15) is 21.5 Å². The molecule has 0 amide bonds. The van der Waals surface area contributed by atoms with Crippen molar-refractivity contribution in [2.24, 2.45) is 0 Å². The van der Waals surface area contributed by atoms with E-state index in [2.05, 4.69) is 0 Å². The van der Waals surface area contributed by atoms with Gasteiger partial charge in [0.25, 0.3) is 5.56 Å². The van der Waals surface area contributed by atoms with Crippen molar-refractivity contribution in [1.29, 1.82) is 0 Å². The second kappa shape index (κ2) is 5.69. The van der Waals surface area contributed by atoms with Gasteiger partial charge in [0.05, 0.1) is 0 Å². The molecule has 0 spiro atoms. The van der Waals surface area contributed by atoms with E-state index in [4.69, 9.17) is 5.11 Å². The maximum atomic E-state index is 12.8. The lowest BCUT2D eigenvalue weighted by Gasteiger charge is -2.08. The van der Waals surface area contributed by atoms with Crippen LogP contribution in [0, 0.1) is 12.7 Å². The zero-order valence-corrected chi connectivity index (χ0v) is 11.0. The summed E-state index contributed by atoms with van der Waals surface area (Å²) in [5.74, 6) is -1.53. The highest BCUT2D eigenvalue weighted by Crippen LogP contribution is 2.06. The summed E-state index contributed by atoms with van der Waals surface area (Å²) in [6.07, 6.45) is 2.11. The first-order valence-corrected chi connectivity index (χ1v) is 6.17. The summed E-state index contributed by atoms with van der Waals surface area (Å²) >= 11 is 0. The van der Waals surface area contributed by atoms with Crippen molar-refractivity contribution < 1.29 is 14.3 Å². The quantitative estimate of drug-likeness (QED) is 0.931. The number of carbonyl (C=O) groups is 1. The van der Waals surface area contributed by atoms with Gasteiger partial charge in [-0.2, -0.15) is 0 Å². The van der Waals surface area contributed by atoms with Crippen LogP contribution in [0.5, 0.6) is 0 Å². The zero-order chi connectivity index (χ0) is 14.7. The predicted octanol–water partition coefficient (Wildman–Crippen LogP) is 2.24. The zero-order valence-electron chi connectivity index (χ0n) is 11.0. The van der Waals surface area contributed by atoms with Gasteiger partial charge in [-0.05, 0) is 42.7 Å². The molecule has 4 nitrogen and oxygen atoms in total. The number of nitrogens with zero attached hydrogens (tertiary/aromatic N) is 1. The van der Waals surface area contributed by atoms with Crippen LogP contribution in [0.15, 0.2) is 41.3 Å². The summed E-state index contributed by atoms with van der Waals surface area (Å²) in [4.78, 5) is 23.1. The average molecular weight is 275 g/mol. The van der Waals surface area contributed by atoms with E-state index >= 15 is 0 Å². The molecule has 0 aliphatic carbocycles. The topological polar surface area (TPSA) is 59.3 Å². The number of aromatic carboxylic acids is 1. The first kappa shape index (κ1) is 14.0. The number of benzene rings is 1. The van der Waals surface area contributed by atoms with Crippen molar-refractivity contribution in [2.45, 2.75) is 19.9 Å². The maximum Gasteiger partial charge on any atom is 0.341 e. The van der Waals surface area contributed by atoms with E-state index in [1.165, 1.54) is 16.7 Å². The highest BCUT2D eigenvalue weighted by atomic mass is 19.1. The van der Waals surface area contributed by atoms with Gasteiger partial charge < -0.3 is 9.67 Å². The predicted molar refractivity (Wildman–Crippen MR) is 72.5 cm³/mol. The number of hydrogen-bond acceptors (Lipinski definition) is 2. The minimum Gasteiger partial charge on any atom is -0.477 e. The van der Waals surface area contributed by atoms with Crippen molar-refractivity contribution in [3.05, 3.63) is 69.4 Å². The lowest BCUT2D eigenvalue weighted by molar-refractivity contribution is 0.0693. The van der Waals surface area contributed by atoms with E-state index in [1.807, 2.05) is 0 Å². The lowest BCUT2D eigenvalue weighted by atomic mass is 10.1.